The maximum atomic E-state index is 12.5. The van der Waals surface area contributed by atoms with Gasteiger partial charge in [-0.05, 0) is 34.0 Å². The highest BCUT2D eigenvalue weighted by Crippen LogP contribution is 2.33. The van der Waals surface area contributed by atoms with E-state index in [-0.39, 0.29) is 16.5 Å². The minimum atomic E-state index is -3.80. The molecule has 0 atom stereocenters. The fraction of sp³-hybridized carbons (Fsp3) is 0.250. The smallest absolute Gasteiger partial charge is 0.266 e. The van der Waals surface area contributed by atoms with Crippen molar-refractivity contribution in [1.82, 2.24) is 4.98 Å². The summed E-state index contributed by atoms with van der Waals surface area (Å²) in [4.78, 5) is 4.27. The summed E-state index contributed by atoms with van der Waals surface area (Å²) in [5.74, 6) is 0.240. The Morgan fingerprint density at radius 1 is 1.33 bits per heavy atom. The van der Waals surface area contributed by atoms with E-state index in [1.54, 1.807) is 12.1 Å². The van der Waals surface area contributed by atoms with E-state index in [0.29, 0.717) is 14.1 Å². The first-order valence-corrected chi connectivity index (χ1v) is 9.88. The number of hydrogen-bond acceptors (Lipinski definition) is 5. The van der Waals surface area contributed by atoms with Gasteiger partial charge in [-0.15, -0.1) is 11.3 Å². The predicted octanol–water partition coefficient (Wildman–Crippen LogP) is 4.17. The molecule has 0 saturated carbocycles. The molecule has 0 radical (unpaired) electrons. The predicted molar refractivity (Wildman–Crippen MR) is 93.3 cm³/mol. The van der Waals surface area contributed by atoms with Crippen LogP contribution in [0.25, 0.3) is 0 Å². The molecule has 3 N–H and O–H groups in total. The Kier molecular flexibility index (Phi) is 4.96. The number of rotatable bonds is 4. The van der Waals surface area contributed by atoms with Crippen LogP contribution in [0.1, 0.15) is 25.5 Å². The molecule has 2 aromatic rings. The molecule has 0 amide bonds. The van der Waals surface area contributed by atoms with E-state index in [0.717, 1.165) is 5.69 Å². The van der Waals surface area contributed by atoms with Gasteiger partial charge in [-0.2, -0.15) is 0 Å². The first kappa shape index (κ1) is 16.7. The van der Waals surface area contributed by atoms with Crippen molar-refractivity contribution < 1.29 is 8.42 Å². The van der Waals surface area contributed by atoms with Gasteiger partial charge in [0.2, 0.25) is 0 Å². The summed E-state index contributed by atoms with van der Waals surface area (Å²) in [5, 5.41) is 2.16. The van der Waals surface area contributed by atoms with E-state index in [1.165, 1.54) is 11.3 Å². The van der Waals surface area contributed by atoms with Crippen molar-refractivity contribution >= 4 is 64.0 Å². The van der Waals surface area contributed by atoms with Crippen LogP contribution in [0.4, 0.5) is 10.8 Å². The zero-order valence-corrected chi connectivity index (χ0v) is 16.0. The Morgan fingerprint density at radius 3 is 2.52 bits per heavy atom. The van der Waals surface area contributed by atoms with Crippen LogP contribution in [-0.2, 0) is 10.0 Å². The van der Waals surface area contributed by atoms with Crippen molar-refractivity contribution in [3.8, 4) is 0 Å². The number of aromatic nitrogens is 1. The average Bonchev–Trinajstić information content (AvgIpc) is 2.74. The zero-order valence-electron chi connectivity index (χ0n) is 11.2. The number of nitrogens with one attached hydrogen (secondary N) is 1. The molecule has 0 saturated heterocycles. The summed E-state index contributed by atoms with van der Waals surface area (Å²) >= 11 is 7.74. The van der Waals surface area contributed by atoms with Gasteiger partial charge in [-0.3, -0.25) is 4.72 Å². The Hall–Kier alpha value is -0.640. The molecule has 0 unspecified atom stereocenters. The van der Waals surface area contributed by atoms with Crippen LogP contribution in [0.2, 0.25) is 0 Å². The minimum Gasteiger partial charge on any atom is -0.398 e. The fourth-order valence-corrected chi connectivity index (χ4v) is 5.82. The van der Waals surface area contributed by atoms with E-state index in [2.05, 4.69) is 41.6 Å². The highest BCUT2D eigenvalue weighted by atomic mass is 79.9. The summed E-state index contributed by atoms with van der Waals surface area (Å²) in [5.41, 5.74) is 6.82. The molecule has 5 nitrogen and oxygen atoms in total. The van der Waals surface area contributed by atoms with Gasteiger partial charge in [0.15, 0.2) is 5.13 Å². The molecule has 0 aliphatic heterocycles. The fourth-order valence-electron chi connectivity index (χ4n) is 1.63. The summed E-state index contributed by atoms with van der Waals surface area (Å²) in [7, 11) is -3.80. The van der Waals surface area contributed by atoms with Gasteiger partial charge in [-0.25, -0.2) is 13.4 Å². The van der Waals surface area contributed by atoms with Crippen molar-refractivity contribution in [2.24, 2.45) is 0 Å². The van der Waals surface area contributed by atoms with Crippen molar-refractivity contribution in [3.63, 3.8) is 0 Å². The van der Waals surface area contributed by atoms with Crippen LogP contribution < -0.4 is 10.5 Å². The standard InChI is InChI=1S/C12H13Br2N3O2S2/c1-6(2)10-5-20-12(16-10)17-21(18,19)11-8(14)3-7(13)4-9(11)15/h3-6H,15H2,1-2H3,(H,16,17). The molecule has 21 heavy (non-hydrogen) atoms. The molecule has 9 heteroatoms. The normalized spacial score (nSPS) is 11.9. The number of nitrogen functional groups attached to an aromatic ring is 1. The maximum absolute atomic E-state index is 12.5. The van der Waals surface area contributed by atoms with Crippen LogP contribution in [-0.4, -0.2) is 13.4 Å². The Morgan fingerprint density at radius 2 is 2.00 bits per heavy atom. The second-order valence-corrected chi connectivity index (χ2v) is 8.89. The number of sulfonamides is 1. The molecule has 1 aromatic heterocycles. The highest BCUT2D eigenvalue weighted by Gasteiger charge is 2.23. The second-order valence-electron chi connectivity index (χ2n) is 4.64. The van der Waals surface area contributed by atoms with E-state index in [1.807, 2.05) is 19.2 Å². The topological polar surface area (TPSA) is 85.1 Å². The molecular weight excluding hydrogens is 442 g/mol. The summed E-state index contributed by atoms with van der Waals surface area (Å²) < 4.78 is 28.5. The van der Waals surface area contributed by atoms with Crippen molar-refractivity contribution in [3.05, 3.63) is 32.2 Å². The van der Waals surface area contributed by atoms with E-state index in [4.69, 9.17) is 5.73 Å². The number of nitrogens with two attached hydrogens (primary N) is 1. The van der Waals surface area contributed by atoms with Crippen LogP contribution in [0.15, 0.2) is 31.4 Å². The van der Waals surface area contributed by atoms with Crippen molar-refractivity contribution in [2.75, 3.05) is 10.5 Å². The lowest BCUT2D eigenvalue weighted by Crippen LogP contribution is -2.15. The quantitative estimate of drug-likeness (QED) is 0.678. The average molecular weight is 455 g/mol. The largest absolute Gasteiger partial charge is 0.398 e. The number of anilines is 2. The Labute approximate surface area is 144 Å². The molecule has 0 bridgehead atoms. The van der Waals surface area contributed by atoms with Gasteiger partial charge < -0.3 is 5.73 Å². The minimum absolute atomic E-state index is 0.00648. The van der Waals surface area contributed by atoms with Crippen LogP contribution in [0.5, 0.6) is 0 Å². The van der Waals surface area contributed by atoms with Crippen molar-refractivity contribution in [1.29, 1.82) is 0 Å². The third kappa shape index (κ3) is 3.77. The van der Waals surface area contributed by atoms with E-state index in [9.17, 15) is 8.42 Å². The first-order chi connectivity index (χ1) is 9.70. The van der Waals surface area contributed by atoms with Crippen molar-refractivity contribution in [2.45, 2.75) is 24.7 Å². The highest BCUT2D eigenvalue weighted by molar-refractivity contribution is 9.11. The van der Waals surface area contributed by atoms with Crippen LogP contribution in [0.3, 0.4) is 0 Å². The van der Waals surface area contributed by atoms with E-state index >= 15 is 0 Å². The van der Waals surface area contributed by atoms with E-state index < -0.39 is 10.0 Å². The first-order valence-electron chi connectivity index (χ1n) is 5.93. The maximum Gasteiger partial charge on any atom is 0.266 e. The lowest BCUT2D eigenvalue weighted by Gasteiger charge is -2.10. The van der Waals surface area contributed by atoms with Gasteiger partial charge in [-0.1, -0.05) is 29.8 Å². The molecule has 1 aromatic carbocycles. The molecule has 2 rings (SSSR count). The number of hydrogen-bond donors (Lipinski definition) is 2. The molecule has 114 valence electrons. The SMILES string of the molecule is CC(C)c1csc(NS(=O)(=O)c2c(N)cc(Br)cc2Br)n1. The summed E-state index contributed by atoms with van der Waals surface area (Å²) in [6.45, 7) is 3.99. The number of halogens is 2. The number of thiazole rings is 1. The second kappa shape index (κ2) is 6.23. The van der Waals surface area contributed by atoms with Crippen LogP contribution in [0, 0.1) is 0 Å². The molecule has 0 aliphatic carbocycles. The third-order valence-electron chi connectivity index (χ3n) is 2.64. The lowest BCUT2D eigenvalue weighted by atomic mass is 10.2. The van der Waals surface area contributed by atoms with Gasteiger partial charge in [0, 0.05) is 14.3 Å². The molecule has 0 spiro atoms. The third-order valence-corrected chi connectivity index (χ3v) is 6.35. The Balaban J connectivity index is 2.38. The van der Waals surface area contributed by atoms with Gasteiger partial charge in [0.05, 0.1) is 11.4 Å². The summed E-state index contributed by atoms with van der Waals surface area (Å²) in [6, 6.07) is 3.17. The van der Waals surface area contributed by atoms with Gasteiger partial charge in [0.25, 0.3) is 10.0 Å². The van der Waals surface area contributed by atoms with Gasteiger partial charge in [0.1, 0.15) is 4.90 Å². The lowest BCUT2D eigenvalue weighted by molar-refractivity contribution is 0.601. The monoisotopic (exact) mass is 453 g/mol. The molecule has 1 heterocycles. The zero-order chi connectivity index (χ0) is 15.8. The van der Waals surface area contributed by atoms with Crippen LogP contribution >= 0.6 is 43.2 Å². The molecule has 0 fully saturated rings. The number of nitrogens with zero attached hydrogens (tertiary/aromatic N) is 1. The van der Waals surface area contributed by atoms with Gasteiger partial charge >= 0.3 is 0 Å². The summed E-state index contributed by atoms with van der Waals surface area (Å²) in [6.07, 6.45) is 0. The molecular formula is C12H13Br2N3O2S2. The molecule has 0 aliphatic rings. The number of benzene rings is 1. The Bertz CT molecular complexity index is 750.